The Morgan fingerprint density at radius 2 is 1.20 bits per heavy atom. The molecule has 0 heterocycles. The molecule has 0 bridgehead atoms. The minimum atomic E-state index is -6.99. The molecule has 14 heteroatoms. The second-order valence-corrected chi connectivity index (χ2v) is 5.25. The molecule has 0 amide bonds. The van der Waals surface area contributed by atoms with Gasteiger partial charge in [-0.2, -0.15) is 30.7 Å². The molecule has 1 rings (SSSR count). The summed E-state index contributed by atoms with van der Waals surface area (Å²) in [6.07, 6.45) is -25.1. The van der Waals surface area contributed by atoms with E-state index in [-0.39, 0.29) is 12.8 Å². The average molecular weight is 402 g/mol. The van der Waals surface area contributed by atoms with Gasteiger partial charge in [-0.15, -0.1) is 13.2 Å². The molecule has 0 radical (unpaired) electrons. The van der Waals surface area contributed by atoms with Gasteiger partial charge in [-0.1, -0.05) is 12.8 Å². The molecule has 2 nitrogen and oxygen atoms in total. The van der Waals surface area contributed by atoms with Crippen LogP contribution in [0.25, 0.3) is 0 Å². The smallest absolute Gasteiger partial charge is 0.275 e. The van der Waals surface area contributed by atoms with Gasteiger partial charge >= 0.3 is 24.6 Å². The van der Waals surface area contributed by atoms with E-state index < -0.39 is 55.5 Å². The third-order valence-electron chi connectivity index (χ3n) is 3.47. The predicted molar refractivity (Wildman–Crippen MR) is 54.9 cm³/mol. The molecule has 0 N–H and O–H groups in total. The number of hydrogen-bond acceptors (Lipinski definition) is 2. The van der Waals surface area contributed by atoms with Gasteiger partial charge in [0, 0.05) is 5.92 Å². The predicted octanol–water partition coefficient (Wildman–Crippen LogP) is 5.48. The minimum absolute atomic E-state index is 0.0272. The third kappa shape index (κ3) is 4.63. The van der Waals surface area contributed by atoms with E-state index in [1.165, 1.54) is 0 Å². The first-order valence-electron chi connectivity index (χ1n) is 6.54. The van der Waals surface area contributed by atoms with Crippen molar-refractivity contribution in [2.24, 2.45) is 5.92 Å². The standard InChI is InChI=1S/C11H10F12O2/c12-6(24-10(19,20)8(14,15)9(16,17)18)7(13,25-11(21,22)23)5-3-1-2-4-5/h5-6H,1-4H2. The molecule has 2 unspecified atom stereocenters. The zero-order valence-electron chi connectivity index (χ0n) is 11.8. The molecular formula is C11H10F12O2. The highest BCUT2D eigenvalue weighted by Gasteiger charge is 2.76. The molecule has 1 aliphatic rings. The fourth-order valence-electron chi connectivity index (χ4n) is 2.26. The van der Waals surface area contributed by atoms with Crippen molar-refractivity contribution >= 4 is 0 Å². The Hall–Kier alpha value is -0.920. The summed E-state index contributed by atoms with van der Waals surface area (Å²) in [6.45, 7) is 0. The third-order valence-corrected chi connectivity index (χ3v) is 3.47. The molecule has 1 saturated carbocycles. The number of halogens is 12. The SMILES string of the molecule is FC(OC(F)(F)C(F)(F)C(F)(F)F)C(F)(OC(F)(F)F)C1CCCC1. The van der Waals surface area contributed by atoms with E-state index in [4.69, 9.17) is 0 Å². The normalized spacial score (nSPS) is 22.1. The highest BCUT2D eigenvalue weighted by molar-refractivity contribution is 4.90. The largest absolute Gasteiger partial charge is 0.525 e. The second kappa shape index (κ2) is 6.67. The molecule has 1 aliphatic carbocycles. The molecule has 2 atom stereocenters. The van der Waals surface area contributed by atoms with Crippen molar-refractivity contribution in [2.45, 2.75) is 62.5 Å². The van der Waals surface area contributed by atoms with Gasteiger partial charge in [-0.05, 0) is 12.8 Å². The van der Waals surface area contributed by atoms with Gasteiger partial charge in [-0.3, -0.25) is 4.74 Å². The quantitative estimate of drug-likeness (QED) is 0.548. The van der Waals surface area contributed by atoms with Gasteiger partial charge in [0.2, 0.25) is 0 Å². The Morgan fingerprint density at radius 3 is 1.56 bits per heavy atom. The van der Waals surface area contributed by atoms with E-state index in [0.717, 1.165) is 0 Å². The first-order valence-corrected chi connectivity index (χ1v) is 6.54. The summed E-state index contributed by atoms with van der Waals surface area (Å²) in [4.78, 5) is 0. The number of rotatable bonds is 6. The summed E-state index contributed by atoms with van der Waals surface area (Å²) in [7, 11) is 0. The Kier molecular flexibility index (Phi) is 5.90. The Morgan fingerprint density at radius 1 is 0.760 bits per heavy atom. The Labute approximate surface area is 132 Å². The lowest BCUT2D eigenvalue weighted by atomic mass is 9.98. The molecule has 1 fully saturated rings. The highest BCUT2D eigenvalue weighted by Crippen LogP contribution is 2.51. The minimum Gasteiger partial charge on any atom is -0.275 e. The van der Waals surface area contributed by atoms with Crippen LogP contribution in [-0.2, 0) is 9.47 Å². The van der Waals surface area contributed by atoms with Crippen molar-refractivity contribution in [3.8, 4) is 0 Å². The van der Waals surface area contributed by atoms with Gasteiger partial charge in [-0.25, -0.2) is 13.5 Å². The zero-order valence-corrected chi connectivity index (χ0v) is 11.8. The maximum atomic E-state index is 14.3. The molecule has 0 aromatic rings. The maximum absolute atomic E-state index is 14.3. The van der Waals surface area contributed by atoms with E-state index >= 15 is 0 Å². The lowest BCUT2D eigenvalue weighted by molar-refractivity contribution is -0.481. The van der Waals surface area contributed by atoms with Crippen LogP contribution in [0.4, 0.5) is 52.7 Å². The van der Waals surface area contributed by atoms with Crippen LogP contribution in [-0.4, -0.2) is 36.8 Å². The summed E-state index contributed by atoms with van der Waals surface area (Å²) in [5, 5.41) is 0. The van der Waals surface area contributed by atoms with Gasteiger partial charge in [0.15, 0.2) is 0 Å². The molecule has 25 heavy (non-hydrogen) atoms. The summed E-state index contributed by atoms with van der Waals surface area (Å²) in [5.74, 6) is -13.8. The van der Waals surface area contributed by atoms with Crippen LogP contribution in [0.5, 0.6) is 0 Å². The fourth-order valence-corrected chi connectivity index (χ4v) is 2.26. The molecular weight excluding hydrogens is 392 g/mol. The molecule has 0 aromatic heterocycles. The van der Waals surface area contributed by atoms with Crippen LogP contribution < -0.4 is 0 Å². The van der Waals surface area contributed by atoms with E-state index in [1.54, 1.807) is 0 Å². The zero-order chi connectivity index (χ0) is 19.9. The Bertz CT molecular complexity index is 453. The van der Waals surface area contributed by atoms with Gasteiger partial charge in [0.1, 0.15) is 0 Å². The van der Waals surface area contributed by atoms with E-state index in [1.807, 2.05) is 0 Å². The molecule has 0 spiro atoms. The van der Waals surface area contributed by atoms with Crippen LogP contribution in [0.15, 0.2) is 0 Å². The lowest BCUT2D eigenvalue weighted by Gasteiger charge is -2.36. The summed E-state index contributed by atoms with van der Waals surface area (Å²) < 4.78 is 157. The van der Waals surface area contributed by atoms with Crippen molar-refractivity contribution in [3.05, 3.63) is 0 Å². The maximum Gasteiger partial charge on any atom is 0.525 e. The van der Waals surface area contributed by atoms with Crippen LogP contribution in [0.3, 0.4) is 0 Å². The van der Waals surface area contributed by atoms with Crippen LogP contribution in [0.2, 0.25) is 0 Å². The first-order chi connectivity index (χ1) is 10.9. The van der Waals surface area contributed by atoms with Crippen molar-refractivity contribution in [1.82, 2.24) is 0 Å². The Balaban J connectivity index is 3.11. The summed E-state index contributed by atoms with van der Waals surface area (Å²) >= 11 is 0. The monoisotopic (exact) mass is 402 g/mol. The van der Waals surface area contributed by atoms with Crippen LogP contribution >= 0.6 is 0 Å². The topological polar surface area (TPSA) is 18.5 Å². The fraction of sp³-hybridized carbons (Fsp3) is 1.00. The number of ether oxygens (including phenoxy) is 2. The van der Waals surface area contributed by atoms with E-state index in [2.05, 4.69) is 9.47 Å². The van der Waals surface area contributed by atoms with Gasteiger partial charge in [0.05, 0.1) is 0 Å². The van der Waals surface area contributed by atoms with Crippen LogP contribution in [0.1, 0.15) is 25.7 Å². The average Bonchev–Trinajstić information content (AvgIpc) is 2.88. The van der Waals surface area contributed by atoms with Crippen LogP contribution in [0, 0.1) is 5.92 Å². The first kappa shape index (κ1) is 22.1. The van der Waals surface area contributed by atoms with E-state index in [9.17, 15) is 52.7 Å². The number of alkyl halides is 12. The molecule has 0 aromatic carbocycles. The summed E-state index contributed by atoms with van der Waals surface area (Å²) in [6, 6.07) is 0. The van der Waals surface area contributed by atoms with Crippen molar-refractivity contribution in [1.29, 1.82) is 0 Å². The second-order valence-electron chi connectivity index (χ2n) is 5.25. The van der Waals surface area contributed by atoms with E-state index in [0.29, 0.717) is 0 Å². The summed E-state index contributed by atoms with van der Waals surface area (Å²) in [5.41, 5.74) is 0. The van der Waals surface area contributed by atoms with Gasteiger partial charge < -0.3 is 0 Å². The highest BCUT2D eigenvalue weighted by atomic mass is 19.4. The molecule has 150 valence electrons. The molecule has 0 saturated heterocycles. The lowest BCUT2D eigenvalue weighted by Crippen LogP contribution is -2.58. The van der Waals surface area contributed by atoms with Crippen molar-refractivity contribution in [2.75, 3.05) is 0 Å². The van der Waals surface area contributed by atoms with Crippen molar-refractivity contribution < 1.29 is 62.2 Å². The van der Waals surface area contributed by atoms with Crippen molar-refractivity contribution in [3.63, 3.8) is 0 Å². The van der Waals surface area contributed by atoms with Gasteiger partial charge in [0.25, 0.3) is 12.2 Å². The number of hydrogen-bond donors (Lipinski definition) is 0. The molecule has 0 aliphatic heterocycles.